The Morgan fingerprint density at radius 2 is 1.68 bits per heavy atom. The van der Waals surface area contributed by atoms with E-state index in [9.17, 15) is 8.42 Å². The highest BCUT2D eigenvalue weighted by Crippen LogP contribution is 2.23. The summed E-state index contributed by atoms with van der Waals surface area (Å²) in [5, 5.41) is 4.26. The quantitative estimate of drug-likeness (QED) is 0.542. The van der Waals surface area contributed by atoms with Gasteiger partial charge in [-0.05, 0) is 20.3 Å². The molecule has 1 rings (SSSR count). The Kier molecular flexibility index (Phi) is 6.33. The van der Waals surface area contributed by atoms with Crippen LogP contribution < -0.4 is 0 Å². The molecule has 0 saturated carbocycles. The minimum atomic E-state index is -3.70. The van der Waals surface area contributed by atoms with E-state index >= 15 is 0 Å². The molecular weight excluding hydrogens is 284 g/mol. The minimum absolute atomic E-state index is 0.167. The van der Waals surface area contributed by atoms with E-state index in [1.54, 1.807) is 18.5 Å². The maximum absolute atomic E-state index is 11.4. The number of rotatable bonds is 8. The summed E-state index contributed by atoms with van der Waals surface area (Å²) >= 11 is 0. The van der Waals surface area contributed by atoms with Crippen molar-refractivity contribution in [3.05, 3.63) is 11.4 Å². The molecule has 0 N–H and O–H groups in total. The molecule has 0 saturated heterocycles. The van der Waals surface area contributed by atoms with E-state index in [1.807, 2.05) is 0 Å². The van der Waals surface area contributed by atoms with Gasteiger partial charge in [0, 0.05) is 17.2 Å². The lowest BCUT2D eigenvalue weighted by molar-refractivity contribution is 0.517. The minimum Gasteiger partial charge on any atom is -0.268 e. The highest BCUT2D eigenvalue weighted by molar-refractivity contribution is 8.13. The van der Waals surface area contributed by atoms with E-state index in [0.717, 1.165) is 19.4 Å². The summed E-state index contributed by atoms with van der Waals surface area (Å²) in [5.74, 6) is 0. The molecule has 0 atom stereocenters. The van der Waals surface area contributed by atoms with Crippen molar-refractivity contribution >= 4 is 19.7 Å². The third kappa shape index (κ3) is 4.80. The molecule has 0 aliphatic carbocycles. The Hall–Kier alpha value is -0.550. The summed E-state index contributed by atoms with van der Waals surface area (Å²) < 4.78 is 24.7. The topological polar surface area (TPSA) is 52.0 Å². The van der Waals surface area contributed by atoms with Crippen molar-refractivity contribution in [1.29, 1.82) is 0 Å². The number of hydrogen-bond acceptors (Lipinski definition) is 3. The Morgan fingerprint density at radius 1 is 1.11 bits per heavy atom. The first-order valence-electron chi connectivity index (χ1n) is 6.86. The second-order valence-corrected chi connectivity index (χ2v) is 7.43. The molecule has 0 spiro atoms. The average molecular weight is 307 g/mol. The monoisotopic (exact) mass is 306 g/mol. The predicted octanol–water partition coefficient (Wildman–Crippen LogP) is 3.79. The predicted molar refractivity (Wildman–Crippen MR) is 78.1 cm³/mol. The Bertz CT molecular complexity index is 509. The zero-order valence-corrected chi connectivity index (χ0v) is 13.5. The van der Waals surface area contributed by atoms with Gasteiger partial charge in [0.15, 0.2) is 0 Å². The summed E-state index contributed by atoms with van der Waals surface area (Å²) in [6, 6.07) is 0. The molecule has 0 aliphatic heterocycles. The van der Waals surface area contributed by atoms with Gasteiger partial charge in [-0.1, -0.05) is 39.0 Å². The van der Waals surface area contributed by atoms with Crippen LogP contribution in [0.2, 0.25) is 0 Å². The summed E-state index contributed by atoms with van der Waals surface area (Å²) in [7, 11) is 1.72. The van der Waals surface area contributed by atoms with Gasteiger partial charge in [0.25, 0.3) is 9.05 Å². The molecule has 1 aromatic heterocycles. The zero-order chi connectivity index (χ0) is 14.5. The smallest absolute Gasteiger partial charge is 0.264 e. The van der Waals surface area contributed by atoms with Crippen LogP contribution in [0.1, 0.15) is 56.8 Å². The van der Waals surface area contributed by atoms with E-state index in [-0.39, 0.29) is 4.90 Å². The molecular formula is C13H23ClN2O2S. The SMILES string of the molecule is CCCCCCCCn1nc(C)c(S(=O)(=O)Cl)c1C. The first-order chi connectivity index (χ1) is 8.88. The molecule has 19 heavy (non-hydrogen) atoms. The molecule has 0 aliphatic rings. The first kappa shape index (κ1) is 16.5. The fourth-order valence-electron chi connectivity index (χ4n) is 2.29. The van der Waals surface area contributed by atoms with Crippen LogP contribution in [0.15, 0.2) is 4.90 Å². The third-order valence-electron chi connectivity index (χ3n) is 3.28. The average Bonchev–Trinajstić information content (AvgIpc) is 2.58. The Labute approximate surface area is 120 Å². The lowest BCUT2D eigenvalue weighted by Crippen LogP contribution is -2.03. The molecule has 0 unspecified atom stereocenters. The van der Waals surface area contributed by atoms with E-state index in [1.165, 1.54) is 25.7 Å². The summed E-state index contributed by atoms with van der Waals surface area (Å²) in [5.41, 5.74) is 1.12. The summed E-state index contributed by atoms with van der Waals surface area (Å²) in [6.45, 7) is 6.39. The molecule has 110 valence electrons. The molecule has 1 aromatic rings. The van der Waals surface area contributed by atoms with E-state index in [2.05, 4.69) is 12.0 Å². The van der Waals surface area contributed by atoms with Gasteiger partial charge in [-0.2, -0.15) is 5.10 Å². The Balaban J connectivity index is 2.57. The molecule has 4 nitrogen and oxygen atoms in total. The highest BCUT2D eigenvalue weighted by Gasteiger charge is 2.22. The molecule has 1 heterocycles. The van der Waals surface area contributed by atoms with Crippen LogP contribution in [0.25, 0.3) is 0 Å². The highest BCUT2D eigenvalue weighted by atomic mass is 35.7. The number of nitrogens with zero attached hydrogens (tertiary/aromatic N) is 2. The second-order valence-electron chi connectivity index (χ2n) is 4.93. The summed E-state index contributed by atoms with van der Waals surface area (Å²) in [4.78, 5) is 0.167. The van der Waals surface area contributed by atoms with Crippen molar-refractivity contribution in [2.24, 2.45) is 0 Å². The third-order valence-corrected chi connectivity index (χ3v) is 4.82. The van der Waals surface area contributed by atoms with Crippen LogP contribution in [-0.2, 0) is 15.6 Å². The van der Waals surface area contributed by atoms with Gasteiger partial charge in [0.05, 0.1) is 11.4 Å². The van der Waals surface area contributed by atoms with Crippen LogP contribution in [0.4, 0.5) is 0 Å². The normalized spacial score (nSPS) is 12.0. The second kappa shape index (κ2) is 7.29. The molecule has 0 fully saturated rings. The number of aryl methyl sites for hydroxylation is 2. The van der Waals surface area contributed by atoms with E-state index in [4.69, 9.17) is 10.7 Å². The van der Waals surface area contributed by atoms with Gasteiger partial charge in [-0.3, -0.25) is 4.68 Å². The van der Waals surface area contributed by atoms with Gasteiger partial charge >= 0.3 is 0 Å². The van der Waals surface area contributed by atoms with Gasteiger partial charge in [-0.25, -0.2) is 8.42 Å². The number of unbranched alkanes of at least 4 members (excludes halogenated alkanes) is 5. The van der Waals surface area contributed by atoms with Crippen molar-refractivity contribution in [2.75, 3.05) is 0 Å². The zero-order valence-electron chi connectivity index (χ0n) is 11.9. The van der Waals surface area contributed by atoms with Crippen molar-refractivity contribution in [3.8, 4) is 0 Å². The molecule has 0 aromatic carbocycles. The van der Waals surface area contributed by atoms with Crippen molar-refractivity contribution in [2.45, 2.75) is 70.7 Å². The Morgan fingerprint density at radius 3 is 2.21 bits per heavy atom. The van der Waals surface area contributed by atoms with Gasteiger partial charge in [-0.15, -0.1) is 0 Å². The fraction of sp³-hybridized carbons (Fsp3) is 0.769. The van der Waals surface area contributed by atoms with E-state index < -0.39 is 9.05 Å². The largest absolute Gasteiger partial charge is 0.268 e. The number of hydrogen-bond donors (Lipinski definition) is 0. The summed E-state index contributed by atoms with van der Waals surface area (Å²) in [6.07, 6.45) is 7.21. The van der Waals surface area contributed by atoms with Crippen LogP contribution in [0.5, 0.6) is 0 Å². The lowest BCUT2D eigenvalue weighted by Gasteiger charge is -2.04. The van der Waals surface area contributed by atoms with Crippen LogP contribution in [0.3, 0.4) is 0 Å². The molecule has 0 bridgehead atoms. The fourth-order valence-corrected chi connectivity index (χ4v) is 3.81. The van der Waals surface area contributed by atoms with Crippen LogP contribution in [0, 0.1) is 13.8 Å². The molecule has 6 heteroatoms. The number of halogens is 1. The van der Waals surface area contributed by atoms with Crippen LogP contribution in [-0.4, -0.2) is 18.2 Å². The van der Waals surface area contributed by atoms with Gasteiger partial charge < -0.3 is 0 Å². The van der Waals surface area contributed by atoms with Gasteiger partial charge in [0.1, 0.15) is 4.90 Å². The maximum Gasteiger partial charge on any atom is 0.264 e. The van der Waals surface area contributed by atoms with Crippen molar-refractivity contribution in [3.63, 3.8) is 0 Å². The maximum atomic E-state index is 11.4. The lowest BCUT2D eigenvalue weighted by atomic mass is 10.1. The van der Waals surface area contributed by atoms with E-state index in [0.29, 0.717) is 11.4 Å². The van der Waals surface area contributed by atoms with Gasteiger partial charge in [0.2, 0.25) is 0 Å². The molecule has 0 amide bonds. The first-order valence-corrected chi connectivity index (χ1v) is 9.17. The van der Waals surface area contributed by atoms with Crippen molar-refractivity contribution < 1.29 is 8.42 Å². The molecule has 0 radical (unpaired) electrons. The van der Waals surface area contributed by atoms with Crippen molar-refractivity contribution in [1.82, 2.24) is 9.78 Å². The van der Waals surface area contributed by atoms with Crippen LogP contribution >= 0.6 is 10.7 Å². The number of aromatic nitrogens is 2. The standard InChI is InChI=1S/C13H23ClN2O2S/c1-4-5-6-7-8-9-10-16-12(3)13(11(2)15-16)19(14,17)18/h4-10H2,1-3H3.